The van der Waals surface area contributed by atoms with Gasteiger partial charge in [-0.25, -0.2) is 0 Å². The van der Waals surface area contributed by atoms with Crippen LogP contribution in [0.2, 0.25) is 0 Å². The lowest BCUT2D eigenvalue weighted by atomic mass is 9.83. The van der Waals surface area contributed by atoms with Gasteiger partial charge in [0.1, 0.15) is 5.78 Å². The van der Waals surface area contributed by atoms with Crippen LogP contribution in [0.4, 0.5) is 0 Å². The molecule has 25 heavy (non-hydrogen) atoms. The van der Waals surface area contributed by atoms with Gasteiger partial charge in [-0.3, -0.25) is 4.79 Å². The summed E-state index contributed by atoms with van der Waals surface area (Å²) in [6, 6.07) is 0. The molecule has 0 bridgehead atoms. The van der Waals surface area contributed by atoms with Gasteiger partial charge in [-0.05, 0) is 56.7 Å². The molecule has 0 aromatic heterocycles. The molecule has 1 aliphatic rings. The standard InChI is InChI=1S/C22H40O2S/c1-3-4-7-11-19(18(2)23)16-17-21-14-10-13-20(21)12-8-5-6-9-15-22(24)25/h19-21H,3-17H2,1-2H3,(H,24,25)/t19?,20-,21+/m0/s1. The van der Waals surface area contributed by atoms with Gasteiger partial charge >= 0.3 is 0 Å². The number of rotatable bonds is 15. The summed E-state index contributed by atoms with van der Waals surface area (Å²) in [4.78, 5) is 11.9. The topological polar surface area (TPSA) is 37.3 Å². The third kappa shape index (κ3) is 10.3. The van der Waals surface area contributed by atoms with Crippen LogP contribution in [0, 0.1) is 17.8 Å². The van der Waals surface area contributed by atoms with Gasteiger partial charge in [-0.2, -0.15) is 0 Å². The highest BCUT2D eigenvalue weighted by Gasteiger charge is 2.27. The molecule has 1 rings (SSSR count). The zero-order chi connectivity index (χ0) is 18.5. The molecule has 3 atom stereocenters. The highest BCUT2D eigenvalue weighted by Crippen LogP contribution is 2.39. The maximum Gasteiger partial charge on any atom is 0.156 e. The van der Waals surface area contributed by atoms with Crippen molar-refractivity contribution in [1.29, 1.82) is 0 Å². The van der Waals surface area contributed by atoms with E-state index in [1.807, 2.05) is 0 Å². The Hall–Kier alpha value is -0.440. The first-order valence-electron chi connectivity index (χ1n) is 10.8. The van der Waals surface area contributed by atoms with Crippen LogP contribution in [0.3, 0.4) is 0 Å². The van der Waals surface area contributed by atoms with Crippen LogP contribution in [-0.4, -0.2) is 15.9 Å². The molecule has 146 valence electrons. The van der Waals surface area contributed by atoms with Gasteiger partial charge in [0, 0.05) is 12.3 Å². The average molecular weight is 369 g/mol. The van der Waals surface area contributed by atoms with Crippen LogP contribution in [0.15, 0.2) is 0 Å². The lowest BCUT2D eigenvalue weighted by Gasteiger charge is -2.22. The summed E-state index contributed by atoms with van der Waals surface area (Å²) in [5.41, 5.74) is 0. The number of Topliss-reactive ketones (excluding diaryl/α,β-unsaturated/α-hetero) is 1. The van der Waals surface area contributed by atoms with E-state index in [2.05, 4.69) is 6.92 Å². The fraction of sp³-hybridized carbons (Fsp3) is 0.909. The normalized spacial score (nSPS) is 21.4. The molecule has 0 spiro atoms. The molecule has 2 nitrogen and oxygen atoms in total. The van der Waals surface area contributed by atoms with Crippen molar-refractivity contribution in [2.45, 2.75) is 110 Å². The number of aliphatic hydroxyl groups excluding tert-OH is 1. The van der Waals surface area contributed by atoms with E-state index in [-0.39, 0.29) is 5.05 Å². The van der Waals surface area contributed by atoms with Crippen molar-refractivity contribution in [3.8, 4) is 0 Å². The average Bonchev–Trinajstić information content (AvgIpc) is 3.00. The molecule has 0 aromatic carbocycles. The molecule has 1 N–H and O–H groups in total. The largest absolute Gasteiger partial charge is 0.502 e. The third-order valence-corrected chi connectivity index (χ3v) is 6.35. The summed E-state index contributed by atoms with van der Waals surface area (Å²) >= 11 is 4.71. The van der Waals surface area contributed by atoms with Crippen molar-refractivity contribution < 1.29 is 9.90 Å². The van der Waals surface area contributed by atoms with Gasteiger partial charge < -0.3 is 5.11 Å². The van der Waals surface area contributed by atoms with Crippen molar-refractivity contribution in [3.05, 3.63) is 0 Å². The summed E-state index contributed by atoms with van der Waals surface area (Å²) < 4.78 is 0. The van der Waals surface area contributed by atoms with Crippen molar-refractivity contribution in [2.24, 2.45) is 17.8 Å². The quantitative estimate of drug-likeness (QED) is 0.245. The van der Waals surface area contributed by atoms with E-state index in [0.29, 0.717) is 18.1 Å². The van der Waals surface area contributed by atoms with E-state index in [1.54, 1.807) is 6.92 Å². The Morgan fingerprint density at radius 2 is 1.68 bits per heavy atom. The monoisotopic (exact) mass is 368 g/mol. The zero-order valence-corrected chi connectivity index (χ0v) is 17.4. The first-order valence-corrected chi connectivity index (χ1v) is 11.2. The molecular weight excluding hydrogens is 328 g/mol. The number of thiocarbonyl (C=S) groups is 1. The number of ketones is 1. The molecule has 0 aromatic rings. The Morgan fingerprint density at radius 3 is 2.32 bits per heavy atom. The molecule has 1 fully saturated rings. The predicted molar refractivity (Wildman–Crippen MR) is 111 cm³/mol. The summed E-state index contributed by atoms with van der Waals surface area (Å²) in [7, 11) is 0. The van der Waals surface area contributed by atoms with Gasteiger partial charge in [-0.15, -0.1) is 0 Å². The number of hydrogen-bond donors (Lipinski definition) is 1. The smallest absolute Gasteiger partial charge is 0.156 e. The lowest BCUT2D eigenvalue weighted by molar-refractivity contribution is -0.121. The first-order chi connectivity index (χ1) is 12.0. The summed E-state index contributed by atoms with van der Waals surface area (Å²) in [6.45, 7) is 4.02. The fourth-order valence-electron chi connectivity index (χ4n) is 4.52. The van der Waals surface area contributed by atoms with Gasteiger partial charge in [0.15, 0.2) is 5.05 Å². The molecule has 1 unspecified atom stereocenters. The van der Waals surface area contributed by atoms with Crippen LogP contribution in [0.25, 0.3) is 0 Å². The van der Waals surface area contributed by atoms with Crippen LogP contribution in [0.5, 0.6) is 0 Å². The fourth-order valence-corrected chi connectivity index (χ4v) is 4.66. The summed E-state index contributed by atoms with van der Waals surface area (Å²) in [6.07, 6.45) is 18.2. The van der Waals surface area contributed by atoms with E-state index in [1.165, 1.54) is 70.6 Å². The second kappa shape index (κ2) is 13.7. The van der Waals surface area contributed by atoms with E-state index >= 15 is 0 Å². The Labute approximate surface area is 161 Å². The molecule has 0 saturated heterocycles. The highest BCUT2D eigenvalue weighted by atomic mass is 32.1. The SMILES string of the molecule is CCCCCC(CC[C@H]1CCC[C@@H]1CCCCCCC(O)=S)C(C)=O. The Kier molecular flexibility index (Phi) is 12.4. The van der Waals surface area contributed by atoms with Crippen LogP contribution < -0.4 is 0 Å². The molecule has 1 saturated carbocycles. The Balaban J connectivity index is 2.22. The maximum atomic E-state index is 11.9. The van der Waals surface area contributed by atoms with Crippen molar-refractivity contribution in [2.75, 3.05) is 0 Å². The number of carbonyl (C=O) groups is 1. The van der Waals surface area contributed by atoms with E-state index in [0.717, 1.165) is 31.1 Å². The van der Waals surface area contributed by atoms with Crippen LogP contribution >= 0.6 is 12.2 Å². The van der Waals surface area contributed by atoms with Gasteiger partial charge in [0.2, 0.25) is 0 Å². The minimum Gasteiger partial charge on any atom is -0.502 e. The number of hydrogen-bond acceptors (Lipinski definition) is 2. The predicted octanol–water partition coefficient (Wildman–Crippen LogP) is 7.19. The second-order valence-electron chi connectivity index (χ2n) is 8.18. The van der Waals surface area contributed by atoms with Crippen LogP contribution in [0.1, 0.15) is 110 Å². The molecular formula is C22H40O2S. The molecule has 0 radical (unpaired) electrons. The van der Waals surface area contributed by atoms with Crippen LogP contribution in [-0.2, 0) is 4.79 Å². The lowest BCUT2D eigenvalue weighted by Crippen LogP contribution is -2.15. The minimum absolute atomic E-state index is 0.162. The summed E-state index contributed by atoms with van der Waals surface area (Å²) in [5, 5.41) is 9.20. The van der Waals surface area contributed by atoms with Gasteiger partial charge in [-0.1, -0.05) is 71.1 Å². The van der Waals surface area contributed by atoms with Gasteiger partial charge in [0.05, 0.1) is 0 Å². The van der Waals surface area contributed by atoms with Crippen molar-refractivity contribution in [3.63, 3.8) is 0 Å². The molecule has 3 heteroatoms. The first kappa shape index (κ1) is 22.6. The Morgan fingerprint density at radius 1 is 1.00 bits per heavy atom. The van der Waals surface area contributed by atoms with E-state index < -0.39 is 0 Å². The molecule has 0 amide bonds. The van der Waals surface area contributed by atoms with E-state index in [4.69, 9.17) is 17.3 Å². The Bertz CT molecular complexity index is 380. The zero-order valence-electron chi connectivity index (χ0n) is 16.6. The van der Waals surface area contributed by atoms with E-state index in [9.17, 15) is 4.79 Å². The molecule has 1 aliphatic carbocycles. The maximum absolute atomic E-state index is 11.9. The second-order valence-corrected chi connectivity index (χ2v) is 8.65. The number of aliphatic hydroxyl groups is 1. The van der Waals surface area contributed by atoms with Crippen molar-refractivity contribution >= 4 is 23.1 Å². The minimum atomic E-state index is 0.162. The van der Waals surface area contributed by atoms with Crippen molar-refractivity contribution in [1.82, 2.24) is 0 Å². The molecule has 0 aliphatic heterocycles. The highest BCUT2D eigenvalue weighted by molar-refractivity contribution is 7.80. The molecule has 0 heterocycles. The summed E-state index contributed by atoms with van der Waals surface area (Å²) in [5.74, 6) is 2.47. The number of unbranched alkanes of at least 4 members (excludes halogenated alkanes) is 5. The number of carbonyl (C=O) groups excluding carboxylic acids is 1. The van der Waals surface area contributed by atoms with Gasteiger partial charge in [0.25, 0.3) is 0 Å². The third-order valence-electron chi connectivity index (χ3n) is 6.15.